The van der Waals surface area contributed by atoms with Crippen LogP contribution >= 0.6 is 11.6 Å². The normalized spacial score (nSPS) is 12.2. The number of halogens is 1. The molecule has 0 fully saturated rings. The Morgan fingerprint density at radius 2 is 2.00 bits per heavy atom. The molecular formula is C11H20ClN5O. The summed E-state index contributed by atoms with van der Waals surface area (Å²) < 4.78 is 5.02. The Kier molecular flexibility index (Phi) is 6.67. The molecule has 1 rings (SSSR count). The second-order valence-corrected chi connectivity index (χ2v) is 4.34. The van der Waals surface area contributed by atoms with Gasteiger partial charge in [0, 0.05) is 26.3 Å². The maximum Gasteiger partial charge on any atom is 0.229 e. The van der Waals surface area contributed by atoms with Gasteiger partial charge >= 0.3 is 0 Å². The molecule has 0 radical (unpaired) electrons. The van der Waals surface area contributed by atoms with Crippen LogP contribution in [0.3, 0.4) is 0 Å². The van der Waals surface area contributed by atoms with E-state index in [1.807, 2.05) is 6.92 Å². The van der Waals surface area contributed by atoms with Crippen molar-refractivity contribution in [3.63, 3.8) is 0 Å². The van der Waals surface area contributed by atoms with Crippen molar-refractivity contribution in [3.8, 4) is 0 Å². The number of hydrogen-bond donors (Lipinski definition) is 2. The Balaban J connectivity index is 2.61. The SMILES string of the molecule is CCCNc1nc(Cl)nc(NC(C)CCOC)n1. The van der Waals surface area contributed by atoms with Gasteiger partial charge in [-0.3, -0.25) is 0 Å². The van der Waals surface area contributed by atoms with Gasteiger partial charge in [-0.05, 0) is 31.4 Å². The Bertz CT molecular complexity index is 363. The number of aromatic nitrogens is 3. The van der Waals surface area contributed by atoms with Crippen LogP contribution in [0.2, 0.25) is 5.28 Å². The summed E-state index contributed by atoms with van der Waals surface area (Å²) >= 11 is 5.85. The molecule has 0 aliphatic rings. The maximum atomic E-state index is 5.85. The van der Waals surface area contributed by atoms with E-state index in [0.717, 1.165) is 19.4 Å². The molecule has 2 N–H and O–H groups in total. The zero-order chi connectivity index (χ0) is 13.4. The topological polar surface area (TPSA) is 72.0 Å². The monoisotopic (exact) mass is 273 g/mol. The molecule has 1 unspecified atom stereocenters. The molecule has 0 aliphatic carbocycles. The standard InChI is InChI=1S/C11H20ClN5O/c1-4-6-13-10-15-9(12)16-11(17-10)14-8(2)5-7-18-3/h8H,4-7H2,1-3H3,(H2,13,14,15,16,17). The first-order valence-electron chi connectivity index (χ1n) is 6.06. The number of nitrogens with one attached hydrogen (secondary N) is 2. The molecule has 0 saturated heterocycles. The molecule has 0 bridgehead atoms. The van der Waals surface area contributed by atoms with Crippen LogP contribution in [0.5, 0.6) is 0 Å². The summed E-state index contributed by atoms with van der Waals surface area (Å²) in [5.41, 5.74) is 0. The number of anilines is 2. The third-order valence-electron chi connectivity index (χ3n) is 2.27. The number of nitrogens with zero attached hydrogens (tertiary/aromatic N) is 3. The van der Waals surface area contributed by atoms with Gasteiger partial charge in [0.2, 0.25) is 17.2 Å². The van der Waals surface area contributed by atoms with Crippen molar-refractivity contribution < 1.29 is 4.74 Å². The fraction of sp³-hybridized carbons (Fsp3) is 0.727. The maximum absolute atomic E-state index is 5.85. The average molecular weight is 274 g/mol. The van der Waals surface area contributed by atoms with Crippen molar-refractivity contribution in [2.24, 2.45) is 0 Å². The van der Waals surface area contributed by atoms with Crippen LogP contribution in [0.1, 0.15) is 26.7 Å². The van der Waals surface area contributed by atoms with E-state index in [-0.39, 0.29) is 11.3 Å². The molecule has 18 heavy (non-hydrogen) atoms. The van der Waals surface area contributed by atoms with Crippen LogP contribution in [0.4, 0.5) is 11.9 Å². The predicted octanol–water partition coefficient (Wildman–Crippen LogP) is 2.18. The predicted molar refractivity (Wildman–Crippen MR) is 73.2 cm³/mol. The molecule has 0 aromatic carbocycles. The van der Waals surface area contributed by atoms with Gasteiger partial charge in [-0.25, -0.2) is 0 Å². The molecule has 1 atom stereocenters. The molecule has 0 amide bonds. The van der Waals surface area contributed by atoms with Gasteiger partial charge < -0.3 is 15.4 Å². The second-order valence-electron chi connectivity index (χ2n) is 4.01. The fourth-order valence-electron chi connectivity index (χ4n) is 1.32. The highest BCUT2D eigenvalue weighted by molar-refractivity contribution is 6.28. The van der Waals surface area contributed by atoms with Gasteiger partial charge in [0.1, 0.15) is 0 Å². The number of methoxy groups -OCH3 is 1. The smallest absolute Gasteiger partial charge is 0.229 e. The first-order valence-corrected chi connectivity index (χ1v) is 6.44. The van der Waals surface area contributed by atoms with Gasteiger partial charge in [-0.2, -0.15) is 15.0 Å². The molecular weight excluding hydrogens is 254 g/mol. The van der Waals surface area contributed by atoms with Crippen molar-refractivity contribution >= 4 is 23.5 Å². The molecule has 1 aromatic heterocycles. The van der Waals surface area contributed by atoms with E-state index in [9.17, 15) is 0 Å². The summed E-state index contributed by atoms with van der Waals surface area (Å²) in [5, 5.41) is 6.43. The summed E-state index contributed by atoms with van der Waals surface area (Å²) in [6.07, 6.45) is 1.87. The first-order chi connectivity index (χ1) is 8.65. The van der Waals surface area contributed by atoms with E-state index in [1.54, 1.807) is 7.11 Å². The van der Waals surface area contributed by atoms with Crippen molar-refractivity contribution in [1.29, 1.82) is 0 Å². The minimum Gasteiger partial charge on any atom is -0.385 e. The molecule has 1 heterocycles. The third kappa shape index (κ3) is 5.46. The lowest BCUT2D eigenvalue weighted by atomic mass is 10.2. The van der Waals surface area contributed by atoms with E-state index in [4.69, 9.17) is 16.3 Å². The Morgan fingerprint density at radius 3 is 2.67 bits per heavy atom. The van der Waals surface area contributed by atoms with Crippen LogP contribution in [0, 0.1) is 0 Å². The van der Waals surface area contributed by atoms with Gasteiger partial charge in [0.15, 0.2) is 0 Å². The molecule has 0 aliphatic heterocycles. The minimum absolute atomic E-state index is 0.185. The molecule has 0 spiro atoms. The van der Waals surface area contributed by atoms with Crippen molar-refractivity contribution in [3.05, 3.63) is 5.28 Å². The average Bonchev–Trinajstić information content (AvgIpc) is 2.33. The van der Waals surface area contributed by atoms with Gasteiger partial charge in [-0.1, -0.05) is 6.92 Å². The quantitative estimate of drug-likeness (QED) is 0.756. The zero-order valence-electron chi connectivity index (χ0n) is 11.0. The number of rotatable bonds is 8. The van der Waals surface area contributed by atoms with Crippen LogP contribution in [0.25, 0.3) is 0 Å². The minimum atomic E-state index is 0.185. The molecule has 6 nitrogen and oxygen atoms in total. The summed E-state index contributed by atoms with van der Waals surface area (Å²) in [6.45, 7) is 5.60. The van der Waals surface area contributed by atoms with Crippen LogP contribution < -0.4 is 10.6 Å². The highest BCUT2D eigenvalue weighted by Gasteiger charge is 2.07. The van der Waals surface area contributed by atoms with Crippen LogP contribution in [0.15, 0.2) is 0 Å². The van der Waals surface area contributed by atoms with Gasteiger partial charge in [0.25, 0.3) is 0 Å². The Morgan fingerprint density at radius 1 is 1.28 bits per heavy atom. The number of ether oxygens (including phenoxy) is 1. The highest BCUT2D eigenvalue weighted by atomic mass is 35.5. The van der Waals surface area contributed by atoms with Gasteiger partial charge in [0.05, 0.1) is 0 Å². The first kappa shape index (κ1) is 14.9. The summed E-state index contributed by atoms with van der Waals surface area (Å²) in [5.74, 6) is 0.982. The molecule has 0 saturated carbocycles. The molecule has 7 heteroatoms. The zero-order valence-corrected chi connectivity index (χ0v) is 11.8. The van der Waals surface area contributed by atoms with Gasteiger partial charge in [-0.15, -0.1) is 0 Å². The van der Waals surface area contributed by atoms with E-state index in [2.05, 4.69) is 32.5 Å². The Labute approximate surface area is 113 Å². The summed E-state index contributed by atoms with van der Waals surface area (Å²) in [6, 6.07) is 0.211. The van der Waals surface area contributed by atoms with Crippen molar-refractivity contribution in [2.75, 3.05) is 30.9 Å². The van der Waals surface area contributed by atoms with Crippen LogP contribution in [-0.4, -0.2) is 41.3 Å². The van der Waals surface area contributed by atoms with E-state index in [0.29, 0.717) is 18.5 Å². The third-order valence-corrected chi connectivity index (χ3v) is 2.44. The van der Waals surface area contributed by atoms with E-state index < -0.39 is 0 Å². The van der Waals surface area contributed by atoms with Crippen molar-refractivity contribution in [1.82, 2.24) is 15.0 Å². The fourth-order valence-corrected chi connectivity index (χ4v) is 1.48. The number of hydrogen-bond acceptors (Lipinski definition) is 6. The van der Waals surface area contributed by atoms with E-state index >= 15 is 0 Å². The van der Waals surface area contributed by atoms with Crippen molar-refractivity contribution in [2.45, 2.75) is 32.7 Å². The largest absolute Gasteiger partial charge is 0.385 e. The molecule has 1 aromatic rings. The lowest BCUT2D eigenvalue weighted by molar-refractivity contribution is 0.191. The lowest BCUT2D eigenvalue weighted by Crippen LogP contribution is -2.19. The van der Waals surface area contributed by atoms with E-state index in [1.165, 1.54) is 0 Å². The summed E-state index contributed by atoms with van der Waals surface area (Å²) in [4.78, 5) is 12.3. The lowest BCUT2D eigenvalue weighted by Gasteiger charge is -2.13. The molecule has 102 valence electrons. The second kappa shape index (κ2) is 8.05. The summed E-state index contributed by atoms with van der Waals surface area (Å²) in [7, 11) is 1.68. The highest BCUT2D eigenvalue weighted by Crippen LogP contribution is 2.11. The Hall–Kier alpha value is -1.14. The van der Waals surface area contributed by atoms with Crippen LogP contribution in [-0.2, 0) is 4.74 Å².